The zero-order chi connectivity index (χ0) is 18.7. The number of rotatable bonds is 3. The quantitative estimate of drug-likeness (QED) is 0.792. The van der Waals surface area contributed by atoms with Gasteiger partial charge in [-0.05, 0) is 43.4 Å². The summed E-state index contributed by atoms with van der Waals surface area (Å²) in [5.41, 5.74) is 1.38. The minimum atomic E-state index is -4.44. The van der Waals surface area contributed by atoms with Gasteiger partial charge in [-0.3, -0.25) is 9.78 Å². The van der Waals surface area contributed by atoms with Crippen LogP contribution >= 0.6 is 0 Å². The largest absolute Gasteiger partial charge is 0.433 e. The second-order valence-electron chi connectivity index (χ2n) is 6.74. The molecule has 1 aromatic carbocycles. The summed E-state index contributed by atoms with van der Waals surface area (Å²) >= 11 is 0. The van der Waals surface area contributed by atoms with Crippen LogP contribution in [0, 0.1) is 0 Å². The molecule has 2 heterocycles. The Bertz CT molecular complexity index is 754. The van der Waals surface area contributed by atoms with Gasteiger partial charge in [-0.25, -0.2) is 0 Å². The number of hydrogen-bond acceptors (Lipinski definition) is 2. The fraction of sp³-hybridized carbons (Fsp3) is 0.400. The molecule has 1 aliphatic heterocycles. The van der Waals surface area contributed by atoms with Crippen molar-refractivity contribution >= 4 is 5.91 Å². The molecule has 0 aliphatic carbocycles. The van der Waals surface area contributed by atoms with Crippen LogP contribution in [0.15, 0.2) is 42.6 Å². The lowest BCUT2D eigenvalue weighted by atomic mass is 10.0. The first kappa shape index (κ1) is 18.4. The van der Waals surface area contributed by atoms with Gasteiger partial charge in [0.15, 0.2) is 0 Å². The summed E-state index contributed by atoms with van der Waals surface area (Å²) in [6.45, 7) is 2.90. The van der Waals surface area contributed by atoms with Crippen LogP contribution in [0.4, 0.5) is 13.2 Å². The molecular formula is C20H21F3N2O. The molecule has 0 radical (unpaired) electrons. The first-order chi connectivity index (χ1) is 12.3. The molecule has 0 saturated carbocycles. The van der Waals surface area contributed by atoms with Gasteiger partial charge in [-0.1, -0.05) is 30.3 Å². The third-order valence-electron chi connectivity index (χ3n) is 4.82. The number of likely N-dealkylation sites (tertiary alicyclic amines) is 1. The predicted octanol–water partition coefficient (Wildman–Crippen LogP) is 4.71. The Morgan fingerprint density at radius 3 is 2.38 bits per heavy atom. The Morgan fingerprint density at radius 2 is 1.81 bits per heavy atom. The molecule has 1 fully saturated rings. The van der Waals surface area contributed by atoms with Gasteiger partial charge in [-0.15, -0.1) is 0 Å². The lowest BCUT2D eigenvalue weighted by Gasteiger charge is -2.33. The number of carbonyl (C=O) groups excluding carboxylic acids is 1. The molecule has 1 aliphatic rings. The van der Waals surface area contributed by atoms with E-state index in [1.165, 1.54) is 18.7 Å². The number of hydrogen-bond donors (Lipinski definition) is 0. The Hall–Kier alpha value is -2.37. The van der Waals surface area contributed by atoms with Gasteiger partial charge in [0.1, 0.15) is 5.69 Å². The van der Waals surface area contributed by atoms with E-state index < -0.39 is 11.9 Å². The Balaban J connectivity index is 1.67. The molecule has 6 heteroatoms. The molecule has 0 bridgehead atoms. The highest BCUT2D eigenvalue weighted by atomic mass is 19.4. The van der Waals surface area contributed by atoms with Crippen LogP contribution < -0.4 is 0 Å². The van der Waals surface area contributed by atoms with Crippen molar-refractivity contribution in [3.63, 3.8) is 0 Å². The summed E-state index contributed by atoms with van der Waals surface area (Å²) in [6.07, 6.45) is 0.394. The zero-order valence-electron chi connectivity index (χ0n) is 14.6. The number of nitrogens with zero attached hydrogens (tertiary/aromatic N) is 2. The fourth-order valence-electron chi connectivity index (χ4n) is 3.29. The summed E-state index contributed by atoms with van der Waals surface area (Å²) in [6, 6.07) is 9.99. The molecule has 3 rings (SSSR count). The summed E-state index contributed by atoms with van der Waals surface area (Å²) in [5.74, 6) is 0.126. The molecular weight excluding hydrogens is 341 g/mol. The molecule has 0 unspecified atom stereocenters. The van der Waals surface area contributed by atoms with E-state index in [4.69, 9.17) is 0 Å². The Morgan fingerprint density at radius 1 is 1.12 bits per heavy atom. The normalized spacial score (nSPS) is 18.0. The van der Waals surface area contributed by atoms with Crippen molar-refractivity contribution in [2.75, 3.05) is 6.54 Å². The minimum absolute atomic E-state index is 0.126. The first-order valence-corrected chi connectivity index (χ1v) is 8.76. The number of carbonyl (C=O) groups is 1. The van der Waals surface area contributed by atoms with E-state index in [2.05, 4.69) is 11.9 Å². The maximum Gasteiger partial charge on any atom is 0.433 e. The van der Waals surface area contributed by atoms with E-state index in [1.54, 1.807) is 0 Å². The van der Waals surface area contributed by atoms with Crippen LogP contribution in [-0.2, 0) is 17.4 Å². The standard InChI is InChI=1S/C20H21F3N2O/c1-14-4-2-3-11-25(14)19(26)12-15-5-7-16(8-6-15)17-9-10-18(24-13-17)20(21,22)23/h5-10,13-14H,2-4,11-12H2,1H3/t14-/m0/s1. The van der Waals surface area contributed by atoms with Crippen molar-refractivity contribution in [1.82, 2.24) is 9.88 Å². The van der Waals surface area contributed by atoms with Crippen molar-refractivity contribution in [2.24, 2.45) is 0 Å². The smallest absolute Gasteiger partial charge is 0.340 e. The molecule has 26 heavy (non-hydrogen) atoms. The van der Waals surface area contributed by atoms with E-state index in [9.17, 15) is 18.0 Å². The number of benzene rings is 1. The summed E-state index contributed by atoms with van der Waals surface area (Å²) in [7, 11) is 0. The van der Waals surface area contributed by atoms with Gasteiger partial charge < -0.3 is 4.90 Å². The minimum Gasteiger partial charge on any atom is -0.340 e. The van der Waals surface area contributed by atoms with Gasteiger partial charge in [0, 0.05) is 24.3 Å². The Labute approximate surface area is 150 Å². The highest BCUT2D eigenvalue weighted by molar-refractivity contribution is 5.79. The number of pyridine rings is 1. The Kier molecular flexibility index (Phi) is 5.30. The van der Waals surface area contributed by atoms with Crippen molar-refractivity contribution in [2.45, 2.75) is 44.8 Å². The maximum atomic E-state index is 12.6. The van der Waals surface area contributed by atoms with Crippen molar-refractivity contribution in [3.05, 3.63) is 53.9 Å². The molecule has 2 aromatic rings. The van der Waals surface area contributed by atoms with E-state index in [0.717, 1.165) is 36.6 Å². The monoisotopic (exact) mass is 362 g/mol. The number of alkyl halides is 3. The summed E-state index contributed by atoms with van der Waals surface area (Å²) < 4.78 is 37.7. The van der Waals surface area contributed by atoms with Crippen molar-refractivity contribution < 1.29 is 18.0 Å². The third-order valence-corrected chi connectivity index (χ3v) is 4.82. The van der Waals surface area contributed by atoms with E-state index in [0.29, 0.717) is 12.0 Å². The zero-order valence-corrected chi connectivity index (χ0v) is 14.6. The second-order valence-corrected chi connectivity index (χ2v) is 6.74. The maximum absolute atomic E-state index is 12.6. The van der Waals surface area contributed by atoms with Gasteiger partial charge in [0.25, 0.3) is 0 Å². The molecule has 3 nitrogen and oxygen atoms in total. The molecule has 1 atom stereocenters. The summed E-state index contributed by atoms with van der Waals surface area (Å²) in [5, 5.41) is 0. The van der Waals surface area contributed by atoms with Crippen LogP contribution in [0.25, 0.3) is 11.1 Å². The van der Waals surface area contributed by atoms with Gasteiger partial charge >= 0.3 is 6.18 Å². The van der Waals surface area contributed by atoms with E-state index >= 15 is 0 Å². The van der Waals surface area contributed by atoms with Crippen LogP contribution in [0.3, 0.4) is 0 Å². The third kappa shape index (κ3) is 4.23. The van der Waals surface area contributed by atoms with Crippen molar-refractivity contribution in [3.8, 4) is 11.1 Å². The topological polar surface area (TPSA) is 33.2 Å². The lowest BCUT2D eigenvalue weighted by molar-refractivity contribution is -0.141. The van der Waals surface area contributed by atoms with Crippen LogP contribution in [0.2, 0.25) is 0 Å². The van der Waals surface area contributed by atoms with Crippen LogP contribution in [0.1, 0.15) is 37.4 Å². The van der Waals surface area contributed by atoms with Gasteiger partial charge in [0.05, 0.1) is 6.42 Å². The number of aromatic nitrogens is 1. The number of halogens is 3. The molecule has 1 amide bonds. The van der Waals surface area contributed by atoms with Gasteiger partial charge in [-0.2, -0.15) is 13.2 Å². The van der Waals surface area contributed by atoms with Crippen LogP contribution in [0.5, 0.6) is 0 Å². The molecule has 0 N–H and O–H groups in total. The second kappa shape index (κ2) is 7.48. The molecule has 0 spiro atoms. The average Bonchev–Trinajstić information content (AvgIpc) is 2.62. The highest BCUT2D eigenvalue weighted by Crippen LogP contribution is 2.29. The predicted molar refractivity (Wildman–Crippen MR) is 93.4 cm³/mol. The SMILES string of the molecule is C[C@H]1CCCCN1C(=O)Cc1ccc(-c2ccc(C(F)(F)F)nc2)cc1. The average molecular weight is 362 g/mol. The highest BCUT2D eigenvalue weighted by Gasteiger charge is 2.32. The lowest BCUT2D eigenvalue weighted by Crippen LogP contribution is -2.42. The molecule has 1 aromatic heterocycles. The number of piperidine rings is 1. The molecule has 138 valence electrons. The number of amides is 1. The molecule has 1 saturated heterocycles. The first-order valence-electron chi connectivity index (χ1n) is 8.76. The van der Waals surface area contributed by atoms with Crippen molar-refractivity contribution in [1.29, 1.82) is 0 Å². The van der Waals surface area contributed by atoms with Gasteiger partial charge in [0.2, 0.25) is 5.91 Å². The van der Waals surface area contributed by atoms with Crippen LogP contribution in [-0.4, -0.2) is 28.4 Å². The summed E-state index contributed by atoms with van der Waals surface area (Å²) in [4.78, 5) is 17.9. The van der Waals surface area contributed by atoms with E-state index in [-0.39, 0.29) is 11.9 Å². The fourth-order valence-corrected chi connectivity index (χ4v) is 3.29. The van der Waals surface area contributed by atoms with E-state index in [1.807, 2.05) is 29.2 Å².